The first kappa shape index (κ1) is 20.3. The Morgan fingerprint density at radius 2 is 2.03 bits per heavy atom. The number of hydrogen-bond acceptors (Lipinski definition) is 5. The van der Waals surface area contributed by atoms with Crippen molar-refractivity contribution in [3.8, 4) is 5.82 Å². The zero-order chi connectivity index (χ0) is 23.2. The van der Waals surface area contributed by atoms with Gasteiger partial charge in [0.2, 0.25) is 0 Å². The van der Waals surface area contributed by atoms with Crippen LogP contribution in [0.5, 0.6) is 0 Å². The van der Waals surface area contributed by atoms with Crippen LogP contribution in [0.4, 0.5) is 16.2 Å². The van der Waals surface area contributed by atoms with Gasteiger partial charge in [-0.15, -0.1) is 0 Å². The van der Waals surface area contributed by atoms with Gasteiger partial charge in [-0.25, -0.2) is 14.8 Å². The standard InChI is InChI=1S/C25H23N7O2/c1-15-22-19(24(33)28-17-5-4-6-18(13-17)31-12-11-27-25(31)34)14-20(16-8-9-16)29-23(22)32(30-15)21-7-2-3-10-26-21/h2-7,10,13-14,16H,8-9,11-12H2,1H3,(H,27,34)(H,28,33). The largest absolute Gasteiger partial charge is 0.336 e. The van der Waals surface area contributed by atoms with Crippen molar-refractivity contribution in [1.29, 1.82) is 0 Å². The number of aromatic nitrogens is 4. The monoisotopic (exact) mass is 453 g/mol. The number of pyridine rings is 2. The fourth-order valence-corrected chi connectivity index (χ4v) is 4.38. The van der Waals surface area contributed by atoms with E-state index in [1.807, 2.05) is 55.5 Å². The molecule has 4 heterocycles. The Hall–Kier alpha value is -4.27. The second-order valence-electron chi connectivity index (χ2n) is 8.64. The molecule has 2 N–H and O–H groups in total. The molecule has 4 aromatic rings. The number of fused-ring (bicyclic) bond motifs is 1. The lowest BCUT2D eigenvalue weighted by atomic mass is 10.1. The van der Waals surface area contributed by atoms with Gasteiger partial charge in [0, 0.05) is 42.3 Å². The van der Waals surface area contributed by atoms with E-state index in [-0.39, 0.29) is 11.9 Å². The first-order valence-corrected chi connectivity index (χ1v) is 11.4. The zero-order valence-corrected chi connectivity index (χ0v) is 18.7. The third kappa shape index (κ3) is 3.55. The van der Waals surface area contributed by atoms with Crippen LogP contribution in [0.25, 0.3) is 16.9 Å². The van der Waals surface area contributed by atoms with Crippen molar-refractivity contribution >= 4 is 34.3 Å². The van der Waals surface area contributed by atoms with Crippen LogP contribution < -0.4 is 15.5 Å². The molecular weight excluding hydrogens is 430 g/mol. The molecule has 1 aliphatic heterocycles. The molecule has 9 heteroatoms. The molecule has 2 fully saturated rings. The number of hydrogen-bond donors (Lipinski definition) is 2. The summed E-state index contributed by atoms with van der Waals surface area (Å²) in [4.78, 5) is 36.5. The number of benzene rings is 1. The van der Waals surface area contributed by atoms with E-state index in [0.717, 1.165) is 24.2 Å². The molecule has 2 aliphatic rings. The van der Waals surface area contributed by atoms with E-state index in [0.29, 0.717) is 52.8 Å². The Labute approximate surface area is 195 Å². The molecule has 0 radical (unpaired) electrons. The molecule has 3 amide bonds. The van der Waals surface area contributed by atoms with E-state index in [2.05, 4.69) is 20.7 Å². The molecule has 6 rings (SSSR count). The maximum Gasteiger partial charge on any atom is 0.321 e. The van der Waals surface area contributed by atoms with E-state index >= 15 is 0 Å². The fourth-order valence-electron chi connectivity index (χ4n) is 4.38. The molecule has 1 saturated heterocycles. The van der Waals surface area contributed by atoms with Gasteiger partial charge in [-0.3, -0.25) is 9.69 Å². The summed E-state index contributed by atoms with van der Waals surface area (Å²) < 4.78 is 1.71. The first-order valence-electron chi connectivity index (χ1n) is 11.4. The van der Waals surface area contributed by atoms with Crippen LogP contribution >= 0.6 is 0 Å². The molecule has 9 nitrogen and oxygen atoms in total. The number of carbonyl (C=O) groups excluding carboxylic acids is 2. The summed E-state index contributed by atoms with van der Waals surface area (Å²) >= 11 is 0. The second kappa shape index (κ2) is 7.95. The minimum atomic E-state index is -0.235. The summed E-state index contributed by atoms with van der Waals surface area (Å²) in [5.41, 5.74) is 4.14. The van der Waals surface area contributed by atoms with Crippen LogP contribution in [-0.2, 0) is 0 Å². The summed E-state index contributed by atoms with van der Waals surface area (Å²) in [6, 6.07) is 14.7. The van der Waals surface area contributed by atoms with Crippen molar-refractivity contribution in [3.05, 3.63) is 71.7 Å². The highest BCUT2D eigenvalue weighted by molar-refractivity contribution is 6.13. The van der Waals surface area contributed by atoms with Crippen LogP contribution in [0.15, 0.2) is 54.7 Å². The van der Waals surface area contributed by atoms with Gasteiger partial charge in [0.05, 0.1) is 16.6 Å². The third-order valence-electron chi connectivity index (χ3n) is 6.21. The molecule has 1 aliphatic carbocycles. The smallest absolute Gasteiger partial charge is 0.321 e. The predicted octanol–water partition coefficient (Wildman–Crippen LogP) is 3.78. The number of rotatable bonds is 5. The minimum absolute atomic E-state index is 0.133. The molecule has 170 valence electrons. The second-order valence-corrected chi connectivity index (χ2v) is 8.64. The Balaban J connectivity index is 1.40. The Kier molecular flexibility index (Phi) is 4.75. The van der Waals surface area contributed by atoms with Crippen molar-refractivity contribution in [2.75, 3.05) is 23.3 Å². The fraction of sp³-hybridized carbons (Fsp3) is 0.240. The van der Waals surface area contributed by atoms with Crippen LogP contribution in [0.2, 0.25) is 0 Å². The van der Waals surface area contributed by atoms with Crippen molar-refractivity contribution in [2.24, 2.45) is 0 Å². The van der Waals surface area contributed by atoms with Gasteiger partial charge in [-0.05, 0) is 56.2 Å². The lowest BCUT2D eigenvalue weighted by molar-refractivity contribution is 0.102. The van der Waals surface area contributed by atoms with Gasteiger partial charge >= 0.3 is 6.03 Å². The summed E-state index contributed by atoms with van der Waals surface area (Å²) in [5, 5.41) is 11.2. The predicted molar refractivity (Wildman–Crippen MR) is 129 cm³/mol. The molecule has 3 aromatic heterocycles. The SMILES string of the molecule is Cc1nn(-c2ccccn2)c2nc(C3CC3)cc(C(=O)Nc3cccc(N4CCNC4=O)c3)c12. The quantitative estimate of drug-likeness (QED) is 0.478. The van der Waals surface area contributed by atoms with Crippen molar-refractivity contribution in [3.63, 3.8) is 0 Å². The number of nitrogens with zero attached hydrogens (tertiary/aromatic N) is 5. The van der Waals surface area contributed by atoms with Crippen LogP contribution in [0.1, 0.15) is 40.5 Å². The lowest BCUT2D eigenvalue weighted by Crippen LogP contribution is -2.27. The van der Waals surface area contributed by atoms with Gasteiger partial charge in [0.15, 0.2) is 11.5 Å². The van der Waals surface area contributed by atoms with Crippen LogP contribution in [0.3, 0.4) is 0 Å². The highest BCUT2D eigenvalue weighted by Gasteiger charge is 2.29. The van der Waals surface area contributed by atoms with Gasteiger partial charge in [-0.1, -0.05) is 12.1 Å². The van der Waals surface area contributed by atoms with Crippen molar-refractivity contribution in [2.45, 2.75) is 25.7 Å². The van der Waals surface area contributed by atoms with E-state index in [1.54, 1.807) is 15.8 Å². The topological polar surface area (TPSA) is 105 Å². The normalized spacial score (nSPS) is 15.6. The number of carbonyl (C=O) groups is 2. The van der Waals surface area contributed by atoms with Gasteiger partial charge in [0.25, 0.3) is 5.91 Å². The van der Waals surface area contributed by atoms with E-state index in [9.17, 15) is 9.59 Å². The van der Waals surface area contributed by atoms with Crippen LogP contribution in [-0.4, -0.2) is 44.8 Å². The first-order chi connectivity index (χ1) is 16.6. The lowest BCUT2D eigenvalue weighted by Gasteiger charge is -2.16. The minimum Gasteiger partial charge on any atom is -0.336 e. The van der Waals surface area contributed by atoms with E-state index in [4.69, 9.17) is 4.98 Å². The Morgan fingerprint density at radius 1 is 1.15 bits per heavy atom. The third-order valence-corrected chi connectivity index (χ3v) is 6.21. The summed E-state index contributed by atoms with van der Waals surface area (Å²) in [7, 11) is 0. The number of amides is 3. The summed E-state index contributed by atoms with van der Waals surface area (Å²) in [5.74, 6) is 0.783. The molecule has 1 aromatic carbocycles. The van der Waals surface area contributed by atoms with Crippen LogP contribution in [0, 0.1) is 6.92 Å². The summed E-state index contributed by atoms with van der Waals surface area (Å²) in [6.45, 7) is 3.08. The molecule has 34 heavy (non-hydrogen) atoms. The summed E-state index contributed by atoms with van der Waals surface area (Å²) in [6.07, 6.45) is 3.84. The molecule has 0 bridgehead atoms. The highest BCUT2D eigenvalue weighted by atomic mass is 16.2. The van der Waals surface area contributed by atoms with E-state index < -0.39 is 0 Å². The maximum atomic E-state index is 13.5. The average molecular weight is 454 g/mol. The molecular formula is C25H23N7O2. The molecule has 1 saturated carbocycles. The van der Waals surface area contributed by atoms with E-state index in [1.165, 1.54) is 0 Å². The van der Waals surface area contributed by atoms with Gasteiger partial charge < -0.3 is 10.6 Å². The number of aryl methyl sites for hydroxylation is 1. The number of nitrogens with one attached hydrogen (secondary N) is 2. The molecule has 0 spiro atoms. The molecule has 0 unspecified atom stereocenters. The average Bonchev–Trinajstić information content (AvgIpc) is 3.54. The Morgan fingerprint density at radius 3 is 2.76 bits per heavy atom. The van der Waals surface area contributed by atoms with Gasteiger partial charge in [0.1, 0.15) is 0 Å². The number of urea groups is 1. The molecule has 0 atom stereocenters. The number of anilines is 2. The van der Waals surface area contributed by atoms with Crippen molar-refractivity contribution < 1.29 is 9.59 Å². The van der Waals surface area contributed by atoms with Gasteiger partial charge in [-0.2, -0.15) is 9.78 Å². The maximum absolute atomic E-state index is 13.5. The zero-order valence-electron chi connectivity index (χ0n) is 18.7. The Bertz CT molecular complexity index is 1430. The highest BCUT2D eigenvalue weighted by Crippen LogP contribution is 2.40. The van der Waals surface area contributed by atoms with Crippen molar-refractivity contribution in [1.82, 2.24) is 25.1 Å².